The zero-order valence-electron chi connectivity index (χ0n) is 8.71. The number of nitrogens with zero attached hydrogens (tertiary/aromatic N) is 2. The molecule has 1 aliphatic rings. The van der Waals surface area contributed by atoms with E-state index in [9.17, 15) is 18.0 Å². The van der Waals surface area contributed by atoms with Crippen LogP contribution in [-0.4, -0.2) is 27.4 Å². The summed E-state index contributed by atoms with van der Waals surface area (Å²) in [7, 11) is 0. The minimum Gasteiger partial charge on any atom is -0.480 e. The van der Waals surface area contributed by atoms with E-state index < -0.39 is 24.4 Å². The predicted octanol–water partition coefficient (Wildman–Crippen LogP) is 0.632. The van der Waals surface area contributed by atoms with Gasteiger partial charge in [-0.25, -0.2) is 0 Å². The van der Waals surface area contributed by atoms with E-state index in [2.05, 4.69) is 10.4 Å². The summed E-state index contributed by atoms with van der Waals surface area (Å²) >= 11 is 0. The van der Waals surface area contributed by atoms with Crippen molar-refractivity contribution in [3.05, 3.63) is 17.0 Å². The van der Waals surface area contributed by atoms with Gasteiger partial charge in [0.1, 0.15) is 6.54 Å². The van der Waals surface area contributed by atoms with Crippen LogP contribution in [0.25, 0.3) is 0 Å². The Morgan fingerprint density at radius 3 is 2.82 bits per heavy atom. The third-order valence-electron chi connectivity index (χ3n) is 2.56. The average Bonchev–Trinajstić information content (AvgIpc) is 2.56. The van der Waals surface area contributed by atoms with E-state index in [0.717, 1.165) is 4.68 Å². The minimum absolute atomic E-state index is 0.109. The first-order chi connectivity index (χ1) is 7.89. The maximum absolute atomic E-state index is 12.7. The van der Waals surface area contributed by atoms with Crippen molar-refractivity contribution in [2.24, 2.45) is 0 Å². The normalized spacial score (nSPS) is 15.7. The summed E-state index contributed by atoms with van der Waals surface area (Å²) in [6, 6.07) is 0. The van der Waals surface area contributed by atoms with Crippen molar-refractivity contribution in [2.45, 2.75) is 25.7 Å². The Labute approximate surface area is 94.2 Å². The molecule has 0 fully saturated rings. The Bertz CT molecular complexity index is 453. The van der Waals surface area contributed by atoms with E-state index in [1.54, 1.807) is 0 Å². The molecular formula is C9H10F3N3O2. The molecule has 0 bridgehead atoms. The number of rotatable bonds is 2. The molecule has 17 heavy (non-hydrogen) atoms. The van der Waals surface area contributed by atoms with Crippen LogP contribution >= 0.6 is 0 Å². The Morgan fingerprint density at radius 2 is 2.24 bits per heavy atom. The number of hydrogen-bond donors (Lipinski definition) is 2. The fourth-order valence-corrected chi connectivity index (χ4v) is 1.90. The SMILES string of the molecule is O=C(O)Cn1nc(C(F)(F)F)c2c1CNCC2. The molecule has 0 aromatic carbocycles. The molecule has 0 saturated carbocycles. The molecule has 0 unspecified atom stereocenters. The van der Waals surface area contributed by atoms with Gasteiger partial charge in [-0.15, -0.1) is 0 Å². The van der Waals surface area contributed by atoms with E-state index in [1.807, 2.05) is 0 Å². The van der Waals surface area contributed by atoms with Crippen LogP contribution in [0.2, 0.25) is 0 Å². The molecule has 0 radical (unpaired) electrons. The van der Waals surface area contributed by atoms with Crippen LogP contribution in [0, 0.1) is 0 Å². The minimum atomic E-state index is -4.54. The second-order valence-electron chi connectivity index (χ2n) is 3.75. The highest BCUT2D eigenvalue weighted by molar-refractivity contribution is 5.66. The summed E-state index contributed by atoms with van der Waals surface area (Å²) in [4.78, 5) is 10.6. The van der Waals surface area contributed by atoms with Crippen molar-refractivity contribution in [3.63, 3.8) is 0 Å². The number of halogens is 3. The lowest BCUT2D eigenvalue weighted by atomic mass is 10.1. The van der Waals surface area contributed by atoms with Gasteiger partial charge in [-0.1, -0.05) is 0 Å². The van der Waals surface area contributed by atoms with Gasteiger partial charge in [0.2, 0.25) is 0 Å². The molecule has 0 saturated heterocycles. The summed E-state index contributed by atoms with van der Waals surface area (Å²) in [5.74, 6) is -1.21. The summed E-state index contributed by atoms with van der Waals surface area (Å²) in [5.41, 5.74) is -0.543. The Hall–Kier alpha value is -1.57. The molecular weight excluding hydrogens is 239 g/mol. The fourth-order valence-electron chi connectivity index (χ4n) is 1.90. The zero-order chi connectivity index (χ0) is 12.6. The molecule has 2 heterocycles. The van der Waals surface area contributed by atoms with Crippen LogP contribution in [0.4, 0.5) is 13.2 Å². The molecule has 0 atom stereocenters. The summed E-state index contributed by atoms with van der Waals surface area (Å²) in [5, 5.41) is 14.9. The number of fused-ring (bicyclic) bond motifs is 1. The van der Waals surface area contributed by atoms with Gasteiger partial charge in [-0.05, 0) is 13.0 Å². The highest BCUT2D eigenvalue weighted by Gasteiger charge is 2.39. The molecule has 1 aromatic heterocycles. The highest BCUT2D eigenvalue weighted by atomic mass is 19.4. The predicted molar refractivity (Wildman–Crippen MR) is 50.3 cm³/mol. The quantitative estimate of drug-likeness (QED) is 0.806. The number of hydrogen-bond acceptors (Lipinski definition) is 3. The van der Waals surface area contributed by atoms with Crippen LogP contribution < -0.4 is 5.32 Å². The molecule has 0 aliphatic carbocycles. The number of carboxylic acids is 1. The fraction of sp³-hybridized carbons (Fsp3) is 0.556. The monoisotopic (exact) mass is 249 g/mol. The average molecular weight is 249 g/mol. The second kappa shape index (κ2) is 4.02. The number of nitrogens with one attached hydrogen (secondary N) is 1. The van der Waals surface area contributed by atoms with Crippen molar-refractivity contribution in [2.75, 3.05) is 6.54 Å². The maximum atomic E-state index is 12.7. The van der Waals surface area contributed by atoms with Crippen LogP contribution in [0.15, 0.2) is 0 Å². The Morgan fingerprint density at radius 1 is 1.53 bits per heavy atom. The van der Waals surface area contributed by atoms with E-state index in [1.165, 1.54) is 0 Å². The summed E-state index contributed by atoms with van der Waals surface area (Å²) in [6.45, 7) is 0.0978. The molecule has 2 rings (SSSR count). The standard InChI is InChI=1S/C9H10F3N3O2/c10-9(11,12)8-5-1-2-13-3-6(5)15(14-8)4-7(16)17/h13H,1-4H2,(H,16,17). The molecule has 1 aromatic rings. The largest absolute Gasteiger partial charge is 0.480 e. The van der Waals surface area contributed by atoms with Crippen molar-refractivity contribution < 1.29 is 23.1 Å². The smallest absolute Gasteiger partial charge is 0.435 e. The third kappa shape index (κ3) is 2.26. The van der Waals surface area contributed by atoms with Gasteiger partial charge < -0.3 is 10.4 Å². The molecule has 5 nitrogen and oxygen atoms in total. The molecule has 0 amide bonds. The summed E-state index contributed by atoms with van der Waals surface area (Å²) < 4.78 is 39.0. The number of carboxylic acid groups (broad SMARTS) is 1. The van der Waals surface area contributed by atoms with Crippen LogP contribution in [0.3, 0.4) is 0 Å². The number of aromatic nitrogens is 2. The Balaban J connectivity index is 2.47. The lowest BCUT2D eigenvalue weighted by Crippen LogP contribution is -2.26. The van der Waals surface area contributed by atoms with Crippen LogP contribution in [0.5, 0.6) is 0 Å². The highest BCUT2D eigenvalue weighted by Crippen LogP contribution is 2.33. The van der Waals surface area contributed by atoms with E-state index in [4.69, 9.17) is 5.11 Å². The van der Waals surface area contributed by atoms with Gasteiger partial charge in [-0.2, -0.15) is 18.3 Å². The van der Waals surface area contributed by atoms with Crippen LogP contribution in [-0.2, 0) is 30.5 Å². The first kappa shape index (κ1) is 11.9. The topological polar surface area (TPSA) is 67.1 Å². The van der Waals surface area contributed by atoms with E-state index in [-0.39, 0.29) is 18.5 Å². The number of alkyl halides is 3. The molecule has 8 heteroatoms. The van der Waals surface area contributed by atoms with Crippen molar-refractivity contribution >= 4 is 5.97 Å². The molecule has 94 valence electrons. The van der Waals surface area contributed by atoms with Crippen molar-refractivity contribution in [1.29, 1.82) is 0 Å². The van der Waals surface area contributed by atoms with Crippen molar-refractivity contribution in [3.8, 4) is 0 Å². The molecule has 1 aliphatic heterocycles. The van der Waals surface area contributed by atoms with Gasteiger partial charge in [-0.3, -0.25) is 9.48 Å². The van der Waals surface area contributed by atoms with Gasteiger partial charge in [0.15, 0.2) is 5.69 Å². The van der Waals surface area contributed by atoms with Gasteiger partial charge in [0, 0.05) is 12.1 Å². The van der Waals surface area contributed by atoms with Crippen LogP contribution in [0.1, 0.15) is 17.0 Å². The van der Waals surface area contributed by atoms with Crippen molar-refractivity contribution in [1.82, 2.24) is 15.1 Å². The third-order valence-corrected chi connectivity index (χ3v) is 2.56. The number of aliphatic carboxylic acids is 1. The van der Waals surface area contributed by atoms with E-state index >= 15 is 0 Å². The number of carbonyl (C=O) groups is 1. The summed E-state index contributed by atoms with van der Waals surface area (Å²) in [6.07, 6.45) is -4.32. The van der Waals surface area contributed by atoms with Gasteiger partial charge in [0.05, 0.1) is 5.69 Å². The zero-order valence-corrected chi connectivity index (χ0v) is 8.71. The second-order valence-corrected chi connectivity index (χ2v) is 3.75. The molecule has 2 N–H and O–H groups in total. The first-order valence-electron chi connectivity index (χ1n) is 4.98. The lowest BCUT2D eigenvalue weighted by Gasteiger charge is -2.15. The Kier molecular flexibility index (Phi) is 2.82. The first-order valence-corrected chi connectivity index (χ1v) is 4.98. The maximum Gasteiger partial charge on any atom is 0.435 e. The lowest BCUT2D eigenvalue weighted by molar-refractivity contribution is -0.143. The van der Waals surface area contributed by atoms with Gasteiger partial charge >= 0.3 is 12.1 Å². The van der Waals surface area contributed by atoms with E-state index in [0.29, 0.717) is 12.2 Å². The van der Waals surface area contributed by atoms with Gasteiger partial charge in [0.25, 0.3) is 0 Å². The molecule has 0 spiro atoms.